The fourth-order valence-electron chi connectivity index (χ4n) is 11.2. The molecule has 2 aliphatic heterocycles. The van der Waals surface area contributed by atoms with E-state index < -0.39 is 0 Å². The number of aliphatic hydroxyl groups is 1. The van der Waals surface area contributed by atoms with Gasteiger partial charge in [-0.3, -0.25) is 4.90 Å². The van der Waals surface area contributed by atoms with E-state index in [9.17, 15) is 9.90 Å². The Balaban J connectivity index is 1.23. The van der Waals surface area contributed by atoms with Crippen molar-refractivity contribution in [1.82, 2.24) is 4.90 Å². The average Bonchev–Trinajstić information content (AvgIpc) is 3.41. The molecular formula is C34H47NO3. The summed E-state index contributed by atoms with van der Waals surface area (Å²) >= 11 is 0. The van der Waals surface area contributed by atoms with Gasteiger partial charge in [-0.05, 0) is 111 Å². The zero-order valence-corrected chi connectivity index (χ0v) is 23.6. The van der Waals surface area contributed by atoms with Crippen molar-refractivity contribution in [2.45, 2.75) is 96.7 Å². The normalized spacial score (nSPS) is 47.7. The number of carbonyl (C=O) groups excluding carboxylic acids is 1. The highest BCUT2D eigenvalue weighted by Crippen LogP contribution is 2.70. The average molecular weight is 518 g/mol. The lowest BCUT2D eigenvalue weighted by Crippen LogP contribution is -2.53. The van der Waals surface area contributed by atoms with E-state index in [1.54, 1.807) is 0 Å². The second-order valence-electron chi connectivity index (χ2n) is 14.5. The third kappa shape index (κ3) is 3.65. The monoisotopic (exact) mass is 517 g/mol. The third-order valence-corrected chi connectivity index (χ3v) is 12.9. The molecule has 3 saturated carbocycles. The van der Waals surface area contributed by atoms with Crippen molar-refractivity contribution < 1.29 is 14.6 Å². The van der Waals surface area contributed by atoms with Gasteiger partial charge in [0.2, 0.25) is 0 Å². The third-order valence-electron chi connectivity index (χ3n) is 12.9. The predicted molar refractivity (Wildman–Crippen MR) is 149 cm³/mol. The fraction of sp³-hybridized carbons (Fsp3) is 0.735. The summed E-state index contributed by atoms with van der Waals surface area (Å²) in [5, 5.41) is 10.4. The van der Waals surface area contributed by atoms with Crippen LogP contribution >= 0.6 is 0 Å². The van der Waals surface area contributed by atoms with Gasteiger partial charge in [0.25, 0.3) is 0 Å². The minimum absolute atomic E-state index is 0.0894. The highest BCUT2D eigenvalue weighted by Gasteiger charge is 2.68. The first-order chi connectivity index (χ1) is 18.3. The quantitative estimate of drug-likeness (QED) is 0.368. The van der Waals surface area contributed by atoms with Crippen molar-refractivity contribution in [2.24, 2.45) is 46.3 Å². The number of hydrogen-bond donors (Lipinski definition) is 1. The molecule has 2 saturated heterocycles. The standard InChI is InChI=1S/C34H47NO3/c1-21-9-12-29-22(2)31-30(35(29)19-21)18-28-26-11-10-24-17-25(36)13-15-33(24,3)27(26)14-16-34(28,31)20-38-32(37)23-7-5-4-6-8-23/h4-8,10,21-22,25-31,36H,9,11-20H2,1-3H3/t21-,22+,25+,26-,27+,28+,29-,30+,31+,33+,34-/m1/s1. The molecule has 11 atom stereocenters. The van der Waals surface area contributed by atoms with Crippen LogP contribution in [0.5, 0.6) is 0 Å². The van der Waals surface area contributed by atoms with E-state index in [1.807, 2.05) is 30.3 Å². The molecular weight excluding hydrogens is 470 g/mol. The van der Waals surface area contributed by atoms with Crippen LogP contribution < -0.4 is 0 Å². The Labute approximate surface area is 229 Å². The Hall–Kier alpha value is -1.65. The maximum absolute atomic E-state index is 13.2. The molecule has 206 valence electrons. The van der Waals surface area contributed by atoms with E-state index in [4.69, 9.17) is 4.74 Å². The highest BCUT2D eigenvalue weighted by molar-refractivity contribution is 5.89. The number of allylic oxidation sites excluding steroid dienone is 1. The number of esters is 1. The number of fused-ring (bicyclic) bond motifs is 9. The second kappa shape index (κ2) is 9.20. The summed E-state index contributed by atoms with van der Waals surface area (Å²) in [6.07, 6.45) is 12.9. The van der Waals surface area contributed by atoms with Crippen molar-refractivity contribution in [3.8, 4) is 0 Å². The van der Waals surface area contributed by atoms with Crippen molar-refractivity contribution in [2.75, 3.05) is 13.2 Å². The summed E-state index contributed by atoms with van der Waals surface area (Å²) in [4.78, 5) is 16.2. The van der Waals surface area contributed by atoms with Gasteiger partial charge in [0.1, 0.15) is 0 Å². The van der Waals surface area contributed by atoms with Crippen LogP contribution in [0.4, 0.5) is 0 Å². The summed E-state index contributed by atoms with van der Waals surface area (Å²) in [6, 6.07) is 10.9. The van der Waals surface area contributed by atoms with Crippen LogP contribution in [0.15, 0.2) is 42.0 Å². The van der Waals surface area contributed by atoms with Gasteiger partial charge in [0.15, 0.2) is 0 Å². The van der Waals surface area contributed by atoms with Crippen molar-refractivity contribution in [3.05, 3.63) is 47.5 Å². The van der Waals surface area contributed by atoms with Crippen molar-refractivity contribution >= 4 is 5.97 Å². The molecule has 2 heterocycles. The van der Waals surface area contributed by atoms with Gasteiger partial charge in [0, 0.05) is 24.0 Å². The van der Waals surface area contributed by atoms with Gasteiger partial charge >= 0.3 is 5.97 Å². The van der Waals surface area contributed by atoms with E-state index >= 15 is 0 Å². The van der Waals surface area contributed by atoms with Gasteiger partial charge in [-0.1, -0.05) is 50.6 Å². The maximum atomic E-state index is 13.2. The molecule has 1 N–H and O–H groups in total. The number of piperidine rings is 1. The van der Waals surface area contributed by atoms with Crippen molar-refractivity contribution in [1.29, 1.82) is 0 Å². The molecule has 7 rings (SSSR count). The molecule has 1 aromatic carbocycles. The van der Waals surface area contributed by atoms with E-state index in [2.05, 4.69) is 31.7 Å². The number of benzene rings is 1. The Kier molecular flexibility index (Phi) is 6.13. The molecule has 0 spiro atoms. The summed E-state index contributed by atoms with van der Waals surface area (Å²) in [5.41, 5.74) is 2.54. The van der Waals surface area contributed by atoms with Gasteiger partial charge in [-0.2, -0.15) is 0 Å². The fourth-order valence-corrected chi connectivity index (χ4v) is 11.2. The number of ether oxygens (including phenoxy) is 1. The van der Waals surface area contributed by atoms with Crippen LogP contribution in [0.25, 0.3) is 0 Å². The largest absolute Gasteiger partial charge is 0.461 e. The Morgan fingerprint density at radius 1 is 1.05 bits per heavy atom. The lowest BCUT2D eigenvalue weighted by Gasteiger charge is -2.58. The molecule has 0 unspecified atom stereocenters. The van der Waals surface area contributed by atoms with Crippen molar-refractivity contribution in [3.63, 3.8) is 0 Å². The van der Waals surface area contributed by atoms with Crippen LogP contribution in [0.1, 0.15) is 88.9 Å². The molecule has 0 bridgehead atoms. The van der Waals surface area contributed by atoms with Crippen LogP contribution in [-0.2, 0) is 4.74 Å². The zero-order valence-electron chi connectivity index (χ0n) is 23.6. The summed E-state index contributed by atoms with van der Waals surface area (Å²) in [5.74, 6) is 3.90. The SMILES string of the molecule is C[C@@H]1CC[C@@H]2[C@H](C)[C@H]3[C@H](C[C@H]4[C@@H]5CC=C6C[C@@H](O)CC[C@]6(C)[C@H]5CC[C@]34COC(=O)c3ccccc3)N2C1. The lowest BCUT2D eigenvalue weighted by molar-refractivity contribution is -0.0929. The molecule has 4 heteroatoms. The number of aliphatic hydroxyl groups excluding tert-OH is 1. The predicted octanol–water partition coefficient (Wildman–Crippen LogP) is 6.49. The van der Waals surface area contributed by atoms with Gasteiger partial charge in [-0.25, -0.2) is 4.79 Å². The second-order valence-corrected chi connectivity index (χ2v) is 14.5. The van der Waals surface area contributed by atoms with Gasteiger partial charge in [0.05, 0.1) is 18.3 Å². The van der Waals surface area contributed by atoms with E-state index in [0.29, 0.717) is 53.8 Å². The van der Waals surface area contributed by atoms with Crippen LogP contribution in [-0.4, -0.2) is 47.3 Å². The zero-order chi connectivity index (χ0) is 26.2. The highest BCUT2D eigenvalue weighted by atomic mass is 16.5. The molecule has 0 aromatic heterocycles. The van der Waals surface area contributed by atoms with Crippen LogP contribution in [0, 0.1) is 46.3 Å². The van der Waals surface area contributed by atoms with E-state index in [1.165, 1.54) is 44.2 Å². The number of rotatable bonds is 3. The Bertz CT molecular complexity index is 1100. The first-order valence-corrected chi connectivity index (χ1v) is 15.7. The minimum atomic E-state index is -0.157. The summed E-state index contributed by atoms with van der Waals surface area (Å²) < 4.78 is 6.32. The van der Waals surface area contributed by atoms with E-state index in [0.717, 1.165) is 31.6 Å². The number of carbonyl (C=O) groups is 1. The van der Waals surface area contributed by atoms with Gasteiger partial charge < -0.3 is 9.84 Å². The minimum Gasteiger partial charge on any atom is -0.461 e. The van der Waals surface area contributed by atoms with E-state index in [-0.39, 0.29) is 22.9 Å². The molecule has 4 aliphatic carbocycles. The molecule has 0 amide bonds. The molecule has 5 fully saturated rings. The van der Waals surface area contributed by atoms with Crippen LogP contribution in [0.2, 0.25) is 0 Å². The smallest absolute Gasteiger partial charge is 0.338 e. The topological polar surface area (TPSA) is 49.8 Å². The Morgan fingerprint density at radius 3 is 2.68 bits per heavy atom. The van der Waals surface area contributed by atoms with Crippen LogP contribution in [0.3, 0.4) is 0 Å². The van der Waals surface area contributed by atoms with Gasteiger partial charge in [-0.15, -0.1) is 0 Å². The Morgan fingerprint density at radius 2 is 1.87 bits per heavy atom. The number of nitrogens with zero attached hydrogens (tertiary/aromatic N) is 1. The lowest BCUT2D eigenvalue weighted by atomic mass is 9.46. The maximum Gasteiger partial charge on any atom is 0.338 e. The molecule has 0 radical (unpaired) electrons. The molecule has 38 heavy (non-hydrogen) atoms. The number of hydrogen-bond acceptors (Lipinski definition) is 4. The molecule has 1 aromatic rings. The summed E-state index contributed by atoms with van der Waals surface area (Å²) in [7, 11) is 0. The summed E-state index contributed by atoms with van der Waals surface area (Å²) in [6.45, 7) is 9.33. The molecule has 4 nitrogen and oxygen atoms in total. The first-order valence-electron chi connectivity index (χ1n) is 15.7. The molecule has 6 aliphatic rings. The first kappa shape index (κ1) is 25.3.